The van der Waals surface area contributed by atoms with Gasteiger partial charge < -0.3 is 5.11 Å². The van der Waals surface area contributed by atoms with Gasteiger partial charge in [-0.25, -0.2) is 14.2 Å². The molecule has 2 N–H and O–H groups in total. The first-order chi connectivity index (χ1) is 10.0. The average Bonchev–Trinajstić information content (AvgIpc) is 2.88. The highest BCUT2D eigenvalue weighted by Crippen LogP contribution is 2.23. The molecular formula is C13H10FIN4O2+. The molecule has 3 rings (SSSR count). The van der Waals surface area contributed by atoms with Crippen molar-refractivity contribution in [2.75, 3.05) is 12.0 Å². The highest BCUT2D eigenvalue weighted by molar-refractivity contribution is 14.1. The van der Waals surface area contributed by atoms with Gasteiger partial charge in [-0.2, -0.15) is 0 Å². The summed E-state index contributed by atoms with van der Waals surface area (Å²) in [4.78, 5) is 16.9. The van der Waals surface area contributed by atoms with Gasteiger partial charge in [0.15, 0.2) is 6.20 Å². The lowest BCUT2D eigenvalue weighted by Gasteiger charge is -2.28. The Morgan fingerprint density at radius 3 is 3.05 bits per heavy atom. The monoisotopic (exact) mass is 400 g/mol. The zero-order valence-electron chi connectivity index (χ0n) is 10.6. The van der Waals surface area contributed by atoms with Crippen LogP contribution in [0.4, 0.5) is 10.1 Å². The lowest BCUT2D eigenvalue weighted by atomic mass is 10.3. The third-order valence-corrected chi connectivity index (χ3v) is 3.70. The van der Waals surface area contributed by atoms with Crippen LogP contribution < -0.4 is 10.3 Å². The molecule has 0 amide bonds. The molecule has 0 aromatic heterocycles. The van der Waals surface area contributed by atoms with Crippen molar-refractivity contribution in [2.24, 2.45) is 4.99 Å². The number of hydrogen-bond acceptors (Lipinski definition) is 5. The Morgan fingerprint density at radius 2 is 2.33 bits per heavy atom. The van der Waals surface area contributed by atoms with E-state index in [1.807, 2.05) is 22.6 Å². The second-order valence-corrected chi connectivity index (χ2v) is 5.68. The van der Waals surface area contributed by atoms with E-state index in [-0.39, 0.29) is 17.9 Å². The number of fused-ring (bicyclic) bond motifs is 1. The van der Waals surface area contributed by atoms with Crippen molar-refractivity contribution in [3.05, 3.63) is 51.4 Å². The number of anilines is 1. The first-order valence-corrected chi connectivity index (χ1v) is 7.07. The SMILES string of the molecule is O=C(O)C1=C[N+]2C=NC=C2CN1Nc1ccc(I)cc1F. The molecule has 107 valence electrons. The minimum Gasteiger partial charge on any atom is -0.476 e. The Labute approximate surface area is 133 Å². The van der Waals surface area contributed by atoms with Gasteiger partial charge in [-0.1, -0.05) is 4.90 Å². The van der Waals surface area contributed by atoms with Crippen LogP contribution in [0.3, 0.4) is 0 Å². The molecule has 0 spiro atoms. The van der Waals surface area contributed by atoms with Gasteiger partial charge in [0.1, 0.15) is 12.4 Å². The van der Waals surface area contributed by atoms with Gasteiger partial charge in [-0.05, 0) is 40.8 Å². The zero-order valence-corrected chi connectivity index (χ0v) is 12.8. The fraction of sp³-hybridized carbons (Fsp3) is 0.0769. The Morgan fingerprint density at radius 1 is 1.52 bits per heavy atom. The van der Waals surface area contributed by atoms with Crippen molar-refractivity contribution in [3.8, 4) is 0 Å². The molecule has 0 atom stereocenters. The highest BCUT2D eigenvalue weighted by atomic mass is 127. The quantitative estimate of drug-likeness (QED) is 0.602. The molecule has 8 heteroatoms. The number of carbonyl (C=O) groups is 1. The van der Waals surface area contributed by atoms with Gasteiger partial charge in [-0.3, -0.25) is 10.4 Å². The van der Waals surface area contributed by atoms with E-state index in [0.29, 0.717) is 0 Å². The number of benzene rings is 1. The summed E-state index contributed by atoms with van der Waals surface area (Å²) >= 11 is 2.01. The fourth-order valence-corrected chi connectivity index (χ4v) is 2.47. The number of carboxylic acids is 1. The van der Waals surface area contributed by atoms with Gasteiger partial charge in [0.2, 0.25) is 17.7 Å². The van der Waals surface area contributed by atoms with Crippen LogP contribution in [-0.4, -0.2) is 29.0 Å². The number of aliphatic carboxylic acids is 1. The van der Waals surface area contributed by atoms with Crippen molar-refractivity contribution in [2.45, 2.75) is 0 Å². The molecule has 6 nitrogen and oxygen atoms in total. The zero-order chi connectivity index (χ0) is 15.0. The number of aliphatic imine (C=N–C) groups is 1. The van der Waals surface area contributed by atoms with Gasteiger partial charge in [0, 0.05) is 3.57 Å². The second-order valence-electron chi connectivity index (χ2n) is 4.43. The highest BCUT2D eigenvalue weighted by Gasteiger charge is 2.36. The molecule has 1 radical (unpaired) electrons. The lowest BCUT2D eigenvalue weighted by molar-refractivity contribution is -0.134. The Hall–Kier alpha value is -1.94. The smallest absolute Gasteiger partial charge is 0.359 e. The van der Waals surface area contributed by atoms with Crippen LogP contribution in [0.5, 0.6) is 0 Å². The normalized spacial score (nSPS) is 17.3. The van der Waals surface area contributed by atoms with E-state index >= 15 is 0 Å². The summed E-state index contributed by atoms with van der Waals surface area (Å²) in [5, 5.41) is 10.7. The van der Waals surface area contributed by atoms with E-state index in [1.54, 1.807) is 23.2 Å². The van der Waals surface area contributed by atoms with Gasteiger partial charge in [0.05, 0.1) is 11.9 Å². The first-order valence-electron chi connectivity index (χ1n) is 5.99. The van der Waals surface area contributed by atoms with Crippen LogP contribution in [0, 0.1) is 9.39 Å². The van der Waals surface area contributed by atoms with Gasteiger partial charge >= 0.3 is 5.97 Å². The van der Waals surface area contributed by atoms with Crippen LogP contribution in [-0.2, 0) is 4.79 Å². The number of nitrogens with one attached hydrogen (secondary N) is 1. The molecular weight excluding hydrogens is 390 g/mol. The predicted molar refractivity (Wildman–Crippen MR) is 83.9 cm³/mol. The number of halogens is 2. The van der Waals surface area contributed by atoms with Gasteiger partial charge in [0.25, 0.3) is 0 Å². The average molecular weight is 400 g/mol. The predicted octanol–water partition coefficient (Wildman–Crippen LogP) is 2.02. The molecule has 2 heterocycles. The van der Waals surface area contributed by atoms with E-state index in [9.17, 15) is 14.3 Å². The molecule has 1 aromatic carbocycles. The molecule has 21 heavy (non-hydrogen) atoms. The Balaban J connectivity index is 1.90. The Bertz CT molecular complexity index is 701. The maximum Gasteiger partial charge on any atom is 0.359 e. The fourth-order valence-electron chi connectivity index (χ4n) is 2.02. The molecule has 0 saturated heterocycles. The molecule has 0 bridgehead atoms. The number of hydrogen-bond donors (Lipinski definition) is 2. The number of carboxylic acid groups (broad SMARTS) is 1. The summed E-state index contributed by atoms with van der Waals surface area (Å²) in [6.45, 7) is 0.267. The number of nitrogens with zero attached hydrogens (tertiary/aromatic N) is 3. The summed E-state index contributed by atoms with van der Waals surface area (Å²) in [6.07, 6.45) is 4.60. The molecule has 1 aromatic rings. The summed E-state index contributed by atoms with van der Waals surface area (Å²) in [7, 11) is 0. The van der Waals surface area contributed by atoms with Crippen molar-refractivity contribution in [1.82, 2.24) is 9.91 Å². The van der Waals surface area contributed by atoms with E-state index in [1.165, 1.54) is 23.6 Å². The summed E-state index contributed by atoms with van der Waals surface area (Å²) in [5.74, 6) is -1.54. The van der Waals surface area contributed by atoms with Crippen molar-refractivity contribution >= 4 is 40.6 Å². The van der Waals surface area contributed by atoms with E-state index in [4.69, 9.17) is 0 Å². The maximum atomic E-state index is 13.9. The summed E-state index contributed by atoms with van der Waals surface area (Å²) in [5.41, 5.74) is 3.84. The van der Waals surface area contributed by atoms with Crippen LogP contribution in [0.2, 0.25) is 0 Å². The molecule has 0 fully saturated rings. The lowest BCUT2D eigenvalue weighted by Crippen LogP contribution is -2.43. The minimum atomic E-state index is -1.10. The molecule has 0 unspecified atom stereocenters. The third kappa shape index (κ3) is 2.76. The maximum absolute atomic E-state index is 13.9. The Kier molecular flexibility index (Phi) is 3.64. The van der Waals surface area contributed by atoms with E-state index in [0.717, 1.165) is 9.27 Å². The third-order valence-electron chi connectivity index (χ3n) is 3.02. The van der Waals surface area contributed by atoms with Gasteiger partial charge in [-0.15, -0.1) is 0 Å². The molecule has 0 saturated carbocycles. The summed E-state index contributed by atoms with van der Waals surface area (Å²) < 4.78 is 14.7. The van der Waals surface area contributed by atoms with Crippen LogP contribution >= 0.6 is 22.6 Å². The van der Waals surface area contributed by atoms with Crippen LogP contribution in [0.15, 0.2) is 47.0 Å². The molecule has 2 aliphatic rings. The van der Waals surface area contributed by atoms with Crippen LogP contribution in [0.1, 0.15) is 0 Å². The van der Waals surface area contributed by atoms with E-state index < -0.39 is 11.8 Å². The summed E-state index contributed by atoms with van der Waals surface area (Å²) in [6, 6.07) is 4.69. The number of hydrazine groups is 1. The topological polar surface area (TPSA) is 70.8 Å². The van der Waals surface area contributed by atoms with Crippen molar-refractivity contribution in [1.29, 1.82) is 0 Å². The first kappa shape index (κ1) is 14.0. The number of rotatable bonds is 3. The van der Waals surface area contributed by atoms with Crippen molar-refractivity contribution < 1.29 is 14.3 Å². The minimum absolute atomic E-state index is 0.0125. The van der Waals surface area contributed by atoms with E-state index in [2.05, 4.69) is 10.4 Å². The molecule has 2 aliphatic heterocycles. The standard InChI is InChI=1S/C13H10FIN4O2/c14-10-3-8(15)1-2-11(10)17-19-5-9-4-16-7-18(9)6-12(19)13(20)21/h1-4,6-7,17H,5H2,(H,20,21)/q+1. The van der Waals surface area contributed by atoms with Crippen molar-refractivity contribution in [3.63, 3.8) is 0 Å². The second kappa shape index (κ2) is 5.45. The van der Waals surface area contributed by atoms with Crippen LogP contribution in [0.25, 0.3) is 0 Å². The molecule has 0 aliphatic carbocycles. The largest absolute Gasteiger partial charge is 0.476 e.